The van der Waals surface area contributed by atoms with Crippen molar-refractivity contribution in [3.05, 3.63) is 47.4 Å². The zero-order valence-electron chi connectivity index (χ0n) is 15.1. The molecule has 1 atom stereocenters. The van der Waals surface area contributed by atoms with E-state index >= 15 is 0 Å². The van der Waals surface area contributed by atoms with E-state index in [1.807, 2.05) is 19.3 Å². The molecule has 4 heterocycles. The minimum atomic E-state index is -0.294. The molecular formula is C19H23N3O4. The summed E-state index contributed by atoms with van der Waals surface area (Å²) in [6, 6.07) is 2.09. The summed E-state index contributed by atoms with van der Waals surface area (Å²) < 4.78 is 17.3. The highest BCUT2D eigenvalue weighted by Gasteiger charge is 2.50. The predicted molar refractivity (Wildman–Crippen MR) is 92.6 cm³/mol. The highest BCUT2D eigenvalue weighted by molar-refractivity contribution is 5.93. The number of hydrogen-bond donors (Lipinski definition) is 0. The molecule has 0 aromatic carbocycles. The Morgan fingerprint density at radius 3 is 2.96 bits per heavy atom. The standard InChI is InChI=1S/C19H23N3O4/c1-13-5-15(8-20-7-13)9-24-16-3-4-26-19(6-16)10-22(11-19)18(23)17-14(2)21-12-25-17/h5,7-8,12,16H,3-4,6,9-11H2,1-2H3. The van der Waals surface area contributed by atoms with E-state index in [-0.39, 0.29) is 17.6 Å². The summed E-state index contributed by atoms with van der Waals surface area (Å²) in [7, 11) is 0. The third kappa shape index (κ3) is 3.37. The number of carbonyl (C=O) groups is 1. The van der Waals surface area contributed by atoms with Gasteiger partial charge in [0.1, 0.15) is 5.60 Å². The zero-order chi connectivity index (χ0) is 18.1. The summed E-state index contributed by atoms with van der Waals surface area (Å²) >= 11 is 0. The molecule has 0 bridgehead atoms. The van der Waals surface area contributed by atoms with Crippen molar-refractivity contribution < 1.29 is 18.7 Å². The second-order valence-electron chi connectivity index (χ2n) is 7.26. The third-order valence-corrected chi connectivity index (χ3v) is 5.05. The molecule has 4 rings (SSSR count). The van der Waals surface area contributed by atoms with Crippen LogP contribution in [0.5, 0.6) is 0 Å². The number of rotatable bonds is 4. The van der Waals surface area contributed by atoms with E-state index in [0.29, 0.717) is 37.8 Å². The lowest BCUT2D eigenvalue weighted by molar-refractivity contribution is -0.188. The number of pyridine rings is 1. The maximum Gasteiger partial charge on any atom is 0.291 e. The Bertz CT molecular complexity index is 798. The molecule has 1 amide bonds. The first-order chi connectivity index (χ1) is 12.5. The van der Waals surface area contributed by atoms with Crippen LogP contribution in [-0.4, -0.2) is 52.2 Å². The smallest absolute Gasteiger partial charge is 0.291 e. The van der Waals surface area contributed by atoms with Crippen LogP contribution in [0.15, 0.2) is 29.3 Å². The van der Waals surface area contributed by atoms with Gasteiger partial charge in [-0.2, -0.15) is 0 Å². The van der Waals surface area contributed by atoms with Gasteiger partial charge in [-0.15, -0.1) is 0 Å². The van der Waals surface area contributed by atoms with Gasteiger partial charge < -0.3 is 18.8 Å². The number of aryl methyl sites for hydroxylation is 2. The summed E-state index contributed by atoms with van der Waals surface area (Å²) in [5.74, 6) is 0.193. The topological polar surface area (TPSA) is 77.7 Å². The summed E-state index contributed by atoms with van der Waals surface area (Å²) in [6.07, 6.45) is 6.78. The number of hydrogen-bond acceptors (Lipinski definition) is 6. The van der Waals surface area contributed by atoms with Crippen LogP contribution in [0.2, 0.25) is 0 Å². The molecule has 2 aliphatic rings. The first-order valence-electron chi connectivity index (χ1n) is 8.90. The minimum absolute atomic E-state index is 0.122. The Kier molecular flexibility index (Phi) is 4.50. The number of likely N-dealkylation sites (tertiary alicyclic amines) is 1. The Hall–Kier alpha value is -2.25. The average molecular weight is 357 g/mol. The van der Waals surface area contributed by atoms with Crippen molar-refractivity contribution in [2.75, 3.05) is 19.7 Å². The highest BCUT2D eigenvalue weighted by Crippen LogP contribution is 2.36. The van der Waals surface area contributed by atoms with Crippen molar-refractivity contribution >= 4 is 5.91 Å². The van der Waals surface area contributed by atoms with Crippen LogP contribution in [0.1, 0.15) is 40.2 Å². The predicted octanol–water partition coefficient (Wildman–Crippen LogP) is 2.28. The number of nitrogens with zero attached hydrogens (tertiary/aromatic N) is 3. The fourth-order valence-electron chi connectivity index (χ4n) is 3.70. The van der Waals surface area contributed by atoms with Crippen molar-refractivity contribution in [1.82, 2.24) is 14.9 Å². The molecule has 1 spiro atoms. The van der Waals surface area contributed by atoms with Crippen molar-refractivity contribution in [3.63, 3.8) is 0 Å². The Morgan fingerprint density at radius 2 is 2.23 bits per heavy atom. The lowest BCUT2D eigenvalue weighted by atomic mass is 9.84. The van der Waals surface area contributed by atoms with Crippen molar-refractivity contribution in [3.8, 4) is 0 Å². The van der Waals surface area contributed by atoms with Gasteiger partial charge in [-0.1, -0.05) is 6.07 Å². The Labute approximate surface area is 152 Å². The van der Waals surface area contributed by atoms with Gasteiger partial charge in [0.05, 0.1) is 31.5 Å². The van der Waals surface area contributed by atoms with Gasteiger partial charge in [-0.25, -0.2) is 4.98 Å². The van der Waals surface area contributed by atoms with Crippen LogP contribution in [-0.2, 0) is 16.1 Å². The number of aromatic nitrogens is 2. The van der Waals surface area contributed by atoms with Crippen LogP contribution in [0.4, 0.5) is 0 Å². The molecule has 7 heteroatoms. The van der Waals surface area contributed by atoms with Crippen LogP contribution in [0.3, 0.4) is 0 Å². The lowest BCUT2D eigenvalue weighted by Crippen LogP contribution is -2.67. The highest BCUT2D eigenvalue weighted by atomic mass is 16.5. The van der Waals surface area contributed by atoms with Crippen LogP contribution >= 0.6 is 0 Å². The molecule has 0 aliphatic carbocycles. The minimum Gasteiger partial charge on any atom is -0.438 e. The zero-order valence-corrected chi connectivity index (χ0v) is 15.1. The van der Waals surface area contributed by atoms with Crippen LogP contribution in [0.25, 0.3) is 0 Å². The van der Waals surface area contributed by atoms with Crippen molar-refractivity contribution in [2.45, 2.75) is 45.0 Å². The van der Waals surface area contributed by atoms with Crippen LogP contribution in [0, 0.1) is 13.8 Å². The van der Waals surface area contributed by atoms with E-state index in [2.05, 4.69) is 16.0 Å². The quantitative estimate of drug-likeness (QED) is 0.835. The fraction of sp³-hybridized carbons (Fsp3) is 0.526. The average Bonchev–Trinajstić information content (AvgIpc) is 3.03. The maximum atomic E-state index is 12.5. The number of carbonyl (C=O) groups excluding carboxylic acids is 1. The van der Waals surface area contributed by atoms with Gasteiger partial charge in [0.15, 0.2) is 6.39 Å². The van der Waals surface area contributed by atoms with E-state index < -0.39 is 0 Å². The molecule has 2 saturated heterocycles. The molecule has 2 fully saturated rings. The molecule has 2 aromatic rings. The lowest BCUT2D eigenvalue weighted by Gasteiger charge is -2.52. The number of oxazole rings is 1. The van der Waals surface area contributed by atoms with E-state index in [1.165, 1.54) is 6.39 Å². The molecule has 26 heavy (non-hydrogen) atoms. The number of ether oxygens (including phenoxy) is 2. The van der Waals surface area contributed by atoms with E-state index in [9.17, 15) is 4.79 Å². The van der Waals surface area contributed by atoms with E-state index in [4.69, 9.17) is 13.9 Å². The maximum absolute atomic E-state index is 12.5. The summed E-state index contributed by atoms with van der Waals surface area (Å²) in [5, 5.41) is 0. The fourth-order valence-corrected chi connectivity index (χ4v) is 3.70. The Morgan fingerprint density at radius 1 is 1.38 bits per heavy atom. The molecule has 2 aliphatic heterocycles. The van der Waals surface area contributed by atoms with Gasteiger partial charge in [0, 0.05) is 25.4 Å². The third-order valence-electron chi connectivity index (χ3n) is 5.05. The summed E-state index contributed by atoms with van der Waals surface area (Å²) in [6.45, 7) is 6.13. The molecule has 0 saturated carbocycles. The van der Waals surface area contributed by atoms with E-state index in [0.717, 1.165) is 24.0 Å². The molecular weight excluding hydrogens is 334 g/mol. The largest absolute Gasteiger partial charge is 0.438 e. The molecule has 2 aromatic heterocycles. The molecule has 7 nitrogen and oxygen atoms in total. The summed E-state index contributed by atoms with van der Waals surface area (Å²) in [4.78, 5) is 22.4. The van der Waals surface area contributed by atoms with Crippen LogP contribution < -0.4 is 0 Å². The molecule has 1 unspecified atom stereocenters. The normalized spacial score (nSPS) is 21.6. The number of amides is 1. The van der Waals surface area contributed by atoms with Gasteiger partial charge >= 0.3 is 0 Å². The van der Waals surface area contributed by atoms with Crippen molar-refractivity contribution in [2.24, 2.45) is 0 Å². The molecule has 0 N–H and O–H groups in total. The molecule has 0 radical (unpaired) electrons. The molecule has 138 valence electrons. The second kappa shape index (κ2) is 6.81. The monoisotopic (exact) mass is 357 g/mol. The SMILES string of the molecule is Cc1cncc(COC2CCOC3(C2)CN(C(=O)c2ocnc2C)C3)c1. The van der Waals surface area contributed by atoms with Gasteiger partial charge in [0.2, 0.25) is 5.76 Å². The van der Waals surface area contributed by atoms with Gasteiger partial charge in [-0.05, 0) is 31.4 Å². The summed E-state index contributed by atoms with van der Waals surface area (Å²) in [5.41, 5.74) is 2.54. The van der Waals surface area contributed by atoms with E-state index in [1.54, 1.807) is 11.8 Å². The van der Waals surface area contributed by atoms with Gasteiger partial charge in [0.25, 0.3) is 5.91 Å². The Balaban J connectivity index is 1.32. The first kappa shape index (κ1) is 17.2. The second-order valence-corrected chi connectivity index (χ2v) is 7.26. The van der Waals surface area contributed by atoms with Crippen molar-refractivity contribution in [1.29, 1.82) is 0 Å². The first-order valence-corrected chi connectivity index (χ1v) is 8.90. The van der Waals surface area contributed by atoms with Gasteiger partial charge in [-0.3, -0.25) is 9.78 Å².